The normalized spacial score (nSPS) is 13.2. The minimum absolute atomic E-state index is 0.321. The van der Waals surface area contributed by atoms with Crippen molar-refractivity contribution in [3.63, 3.8) is 0 Å². The summed E-state index contributed by atoms with van der Waals surface area (Å²) in [5.74, 6) is 5.46. The van der Waals surface area contributed by atoms with E-state index in [1.54, 1.807) is 18.2 Å². The average Bonchev–Trinajstić information content (AvgIpc) is 2.43. The third-order valence-electron chi connectivity index (χ3n) is 2.85. The Morgan fingerprint density at radius 1 is 1.10 bits per heavy atom. The molecular formula is C13H10Cl2F3N3. The molecular weight excluding hydrogens is 326 g/mol. The van der Waals surface area contributed by atoms with Crippen molar-refractivity contribution in [1.29, 1.82) is 0 Å². The lowest BCUT2D eigenvalue weighted by atomic mass is 10.0. The smallest absolute Gasteiger partial charge is 0.271 e. The van der Waals surface area contributed by atoms with E-state index in [0.29, 0.717) is 21.3 Å². The molecule has 1 aromatic carbocycles. The van der Waals surface area contributed by atoms with Gasteiger partial charge in [-0.3, -0.25) is 10.8 Å². The maximum atomic E-state index is 12.5. The fraction of sp³-hybridized carbons (Fsp3) is 0.154. The molecule has 0 bridgehead atoms. The standard InChI is InChI=1S/C13H10Cl2F3N3/c14-9-3-1-7(5-10(9)15)12(21-19)11-4-2-8(6-20-11)13(16,17)18/h1-6,12,21H,19H2. The maximum absolute atomic E-state index is 12.5. The minimum Gasteiger partial charge on any atom is -0.271 e. The Bertz CT molecular complexity index is 630. The number of nitrogens with two attached hydrogens (primary N) is 1. The Balaban J connectivity index is 2.35. The van der Waals surface area contributed by atoms with E-state index >= 15 is 0 Å². The second kappa shape index (κ2) is 6.19. The van der Waals surface area contributed by atoms with Crippen LogP contribution in [0.1, 0.15) is 22.9 Å². The van der Waals surface area contributed by atoms with Crippen LogP contribution in [0.5, 0.6) is 0 Å². The number of pyridine rings is 1. The summed E-state index contributed by atoms with van der Waals surface area (Å²) >= 11 is 11.7. The quantitative estimate of drug-likeness (QED) is 0.659. The lowest BCUT2D eigenvalue weighted by Crippen LogP contribution is -2.29. The molecule has 0 radical (unpaired) electrons. The molecule has 0 fully saturated rings. The van der Waals surface area contributed by atoms with Crippen LogP contribution in [0.3, 0.4) is 0 Å². The number of halogens is 5. The van der Waals surface area contributed by atoms with Gasteiger partial charge in [0.15, 0.2) is 0 Å². The Hall–Kier alpha value is -1.34. The summed E-state index contributed by atoms with van der Waals surface area (Å²) in [5.41, 5.74) is 2.65. The Morgan fingerprint density at radius 2 is 1.81 bits per heavy atom. The number of nitrogens with zero attached hydrogens (tertiary/aromatic N) is 1. The van der Waals surface area contributed by atoms with Crippen LogP contribution < -0.4 is 11.3 Å². The molecule has 3 N–H and O–H groups in total. The molecule has 1 aromatic heterocycles. The van der Waals surface area contributed by atoms with E-state index in [9.17, 15) is 13.2 Å². The van der Waals surface area contributed by atoms with Gasteiger partial charge in [0.25, 0.3) is 0 Å². The Morgan fingerprint density at radius 3 is 2.29 bits per heavy atom. The van der Waals surface area contributed by atoms with E-state index in [-0.39, 0.29) is 0 Å². The molecule has 0 saturated carbocycles. The predicted octanol–water partition coefficient (Wildman–Crippen LogP) is 3.96. The number of hydrazine groups is 1. The molecule has 0 amide bonds. The molecule has 8 heteroatoms. The van der Waals surface area contributed by atoms with Crippen molar-refractivity contribution >= 4 is 23.2 Å². The van der Waals surface area contributed by atoms with Crippen molar-refractivity contribution in [3.8, 4) is 0 Å². The summed E-state index contributed by atoms with van der Waals surface area (Å²) in [6.07, 6.45) is -3.67. The second-order valence-electron chi connectivity index (χ2n) is 4.24. The minimum atomic E-state index is -4.43. The number of rotatable bonds is 3. The van der Waals surface area contributed by atoms with Crippen molar-refractivity contribution in [3.05, 3.63) is 63.4 Å². The third kappa shape index (κ3) is 3.65. The van der Waals surface area contributed by atoms with Crippen LogP contribution in [-0.4, -0.2) is 4.98 Å². The zero-order valence-corrected chi connectivity index (χ0v) is 12.0. The van der Waals surface area contributed by atoms with Crippen molar-refractivity contribution < 1.29 is 13.2 Å². The van der Waals surface area contributed by atoms with Gasteiger partial charge in [0, 0.05) is 6.20 Å². The molecule has 0 aliphatic heterocycles. The first-order valence-corrected chi connectivity index (χ1v) is 6.52. The SMILES string of the molecule is NNC(c1ccc(Cl)c(Cl)c1)c1ccc(C(F)(F)F)cn1. The number of benzene rings is 1. The first-order valence-electron chi connectivity index (χ1n) is 5.77. The molecule has 0 saturated heterocycles. The van der Waals surface area contributed by atoms with E-state index < -0.39 is 17.8 Å². The summed E-state index contributed by atoms with van der Waals surface area (Å²) in [5, 5.41) is 0.692. The van der Waals surface area contributed by atoms with Crippen molar-refractivity contribution in [2.75, 3.05) is 0 Å². The lowest BCUT2D eigenvalue weighted by Gasteiger charge is -2.17. The first kappa shape index (κ1) is 16.0. The molecule has 21 heavy (non-hydrogen) atoms. The summed E-state index contributed by atoms with van der Waals surface area (Å²) in [6, 6.07) is 6.43. The first-order chi connectivity index (χ1) is 9.82. The zero-order valence-electron chi connectivity index (χ0n) is 10.5. The molecule has 1 heterocycles. The second-order valence-corrected chi connectivity index (χ2v) is 5.06. The highest BCUT2D eigenvalue weighted by Crippen LogP contribution is 2.31. The van der Waals surface area contributed by atoms with Gasteiger partial charge in [0.2, 0.25) is 0 Å². The Labute approximate surface area is 128 Å². The van der Waals surface area contributed by atoms with Crippen molar-refractivity contribution in [2.24, 2.45) is 5.84 Å². The van der Waals surface area contributed by atoms with Gasteiger partial charge in [-0.1, -0.05) is 29.3 Å². The van der Waals surface area contributed by atoms with Gasteiger partial charge in [0.05, 0.1) is 27.3 Å². The number of alkyl halides is 3. The molecule has 2 aromatic rings. The van der Waals surface area contributed by atoms with Crippen molar-refractivity contribution in [2.45, 2.75) is 12.2 Å². The maximum Gasteiger partial charge on any atom is 0.417 e. The molecule has 0 spiro atoms. The number of hydrogen-bond acceptors (Lipinski definition) is 3. The van der Waals surface area contributed by atoms with Gasteiger partial charge in [-0.2, -0.15) is 13.2 Å². The van der Waals surface area contributed by atoms with Crippen LogP contribution in [0.15, 0.2) is 36.5 Å². The largest absolute Gasteiger partial charge is 0.417 e. The van der Waals surface area contributed by atoms with E-state index in [1.807, 2.05) is 0 Å². The number of aromatic nitrogens is 1. The topological polar surface area (TPSA) is 50.9 Å². The van der Waals surface area contributed by atoms with Crippen LogP contribution >= 0.6 is 23.2 Å². The Kier molecular flexibility index (Phi) is 4.73. The van der Waals surface area contributed by atoms with Gasteiger partial charge in [-0.25, -0.2) is 5.43 Å². The average molecular weight is 336 g/mol. The van der Waals surface area contributed by atoms with Gasteiger partial charge >= 0.3 is 6.18 Å². The lowest BCUT2D eigenvalue weighted by molar-refractivity contribution is -0.137. The zero-order chi connectivity index (χ0) is 15.6. The monoisotopic (exact) mass is 335 g/mol. The summed E-state index contributed by atoms with van der Waals surface area (Å²) < 4.78 is 37.5. The number of nitrogens with one attached hydrogen (secondary N) is 1. The van der Waals surface area contributed by atoms with Crippen LogP contribution in [0, 0.1) is 0 Å². The van der Waals surface area contributed by atoms with Crippen molar-refractivity contribution in [1.82, 2.24) is 10.4 Å². The van der Waals surface area contributed by atoms with E-state index in [1.165, 1.54) is 6.07 Å². The van der Waals surface area contributed by atoms with Gasteiger partial charge < -0.3 is 0 Å². The van der Waals surface area contributed by atoms with Crippen LogP contribution in [0.25, 0.3) is 0 Å². The fourth-order valence-electron chi connectivity index (χ4n) is 1.79. The highest BCUT2D eigenvalue weighted by atomic mass is 35.5. The van der Waals surface area contributed by atoms with E-state index in [2.05, 4.69) is 10.4 Å². The fourth-order valence-corrected chi connectivity index (χ4v) is 2.09. The van der Waals surface area contributed by atoms with Crippen LogP contribution in [-0.2, 0) is 6.18 Å². The highest BCUT2D eigenvalue weighted by molar-refractivity contribution is 6.42. The van der Waals surface area contributed by atoms with E-state index in [0.717, 1.165) is 12.3 Å². The third-order valence-corrected chi connectivity index (χ3v) is 3.59. The summed E-state index contributed by atoms with van der Waals surface area (Å²) in [4.78, 5) is 3.81. The highest BCUT2D eigenvalue weighted by Gasteiger charge is 2.31. The van der Waals surface area contributed by atoms with Gasteiger partial charge in [-0.05, 0) is 29.8 Å². The molecule has 112 valence electrons. The summed E-state index contributed by atoms with van der Waals surface area (Å²) in [6.45, 7) is 0. The van der Waals surface area contributed by atoms with Crippen LogP contribution in [0.2, 0.25) is 10.0 Å². The predicted molar refractivity (Wildman–Crippen MR) is 74.9 cm³/mol. The molecule has 2 rings (SSSR count). The molecule has 1 atom stereocenters. The van der Waals surface area contributed by atoms with Gasteiger partial charge in [0.1, 0.15) is 0 Å². The van der Waals surface area contributed by atoms with E-state index in [4.69, 9.17) is 29.0 Å². The molecule has 3 nitrogen and oxygen atoms in total. The van der Waals surface area contributed by atoms with Crippen LogP contribution in [0.4, 0.5) is 13.2 Å². The summed E-state index contributed by atoms with van der Waals surface area (Å²) in [7, 11) is 0. The molecule has 0 aliphatic rings. The molecule has 0 aliphatic carbocycles. The number of hydrogen-bond donors (Lipinski definition) is 2. The van der Waals surface area contributed by atoms with Gasteiger partial charge in [-0.15, -0.1) is 0 Å². The molecule has 1 unspecified atom stereocenters.